The zero-order valence-corrected chi connectivity index (χ0v) is 14.7. The van der Waals surface area contributed by atoms with Gasteiger partial charge in [-0.05, 0) is 18.6 Å². The molecule has 4 N–H and O–H groups in total. The maximum atomic E-state index is 9.88. The molecule has 1 atom stereocenters. The number of aliphatic hydroxyl groups is 1. The molecule has 0 aliphatic heterocycles. The Bertz CT molecular complexity index is 438. The van der Waals surface area contributed by atoms with Crippen molar-refractivity contribution in [3.8, 4) is 17.2 Å². The number of ether oxygens (including phenoxy) is 1. The third-order valence-electron chi connectivity index (χ3n) is 4.15. The molecule has 0 aliphatic carbocycles. The summed E-state index contributed by atoms with van der Waals surface area (Å²) in [4.78, 5) is 0. The van der Waals surface area contributed by atoms with Gasteiger partial charge in [0.2, 0.25) is 0 Å². The van der Waals surface area contributed by atoms with Gasteiger partial charge in [-0.3, -0.25) is 0 Å². The van der Waals surface area contributed by atoms with Crippen LogP contribution in [0.5, 0.6) is 17.2 Å². The Balaban J connectivity index is 2.07. The van der Waals surface area contributed by atoms with Crippen molar-refractivity contribution in [1.29, 1.82) is 0 Å². The fourth-order valence-electron chi connectivity index (χ4n) is 2.65. The first-order valence-electron chi connectivity index (χ1n) is 9.10. The van der Waals surface area contributed by atoms with E-state index in [9.17, 15) is 20.4 Å². The van der Waals surface area contributed by atoms with Gasteiger partial charge in [0.25, 0.3) is 0 Å². The van der Waals surface area contributed by atoms with Crippen molar-refractivity contribution < 1.29 is 25.2 Å². The Morgan fingerprint density at radius 2 is 1.25 bits per heavy atom. The summed E-state index contributed by atoms with van der Waals surface area (Å²) in [5.41, 5.74) is 0.217. The summed E-state index contributed by atoms with van der Waals surface area (Å²) in [7, 11) is 0. The number of phenolic OH excluding ortho intramolecular Hbond substituents is 3. The molecule has 0 aromatic heterocycles. The van der Waals surface area contributed by atoms with E-state index in [1.807, 2.05) is 0 Å². The van der Waals surface area contributed by atoms with Crippen LogP contribution in [0.3, 0.4) is 0 Å². The highest BCUT2D eigenvalue weighted by atomic mass is 16.6. The van der Waals surface area contributed by atoms with E-state index < -0.39 is 23.5 Å². The van der Waals surface area contributed by atoms with E-state index in [1.54, 1.807) is 0 Å². The lowest BCUT2D eigenvalue weighted by Gasteiger charge is -2.13. The molecule has 0 radical (unpaired) electrons. The fourth-order valence-corrected chi connectivity index (χ4v) is 2.65. The summed E-state index contributed by atoms with van der Waals surface area (Å²) in [5, 5.41) is 38.0. The van der Waals surface area contributed by atoms with Crippen LogP contribution >= 0.6 is 0 Å². The van der Waals surface area contributed by atoms with Crippen LogP contribution in [0.25, 0.3) is 0 Å². The maximum absolute atomic E-state index is 9.88. The highest BCUT2D eigenvalue weighted by Gasteiger charge is 2.14. The average Bonchev–Trinajstić information content (AvgIpc) is 2.56. The monoisotopic (exact) mass is 340 g/mol. The smallest absolute Gasteiger partial charge is 0.200 e. The van der Waals surface area contributed by atoms with Gasteiger partial charge in [-0.15, -0.1) is 0 Å². The lowest BCUT2D eigenvalue weighted by Crippen LogP contribution is -2.04. The van der Waals surface area contributed by atoms with E-state index in [2.05, 4.69) is 6.92 Å². The first-order chi connectivity index (χ1) is 11.6. The van der Waals surface area contributed by atoms with E-state index in [0.29, 0.717) is 6.61 Å². The Hall–Kier alpha value is -1.46. The van der Waals surface area contributed by atoms with Gasteiger partial charge >= 0.3 is 0 Å². The summed E-state index contributed by atoms with van der Waals surface area (Å²) in [5.74, 6) is -1.56. The summed E-state index contributed by atoms with van der Waals surface area (Å²) < 4.78 is 5.30. The van der Waals surface area contributed by atoms with E-state index in [-0.39, 0.29) is 5.56 Å². The van der Waals surface area contributed by atoms with Crippen molar-refractivity contribution in [2.24, 2.45) is 0 Å². The molecular formula is C19H32O5. The average molecular weight is 340 g/mol. The Kier molecular flexibility index (Phi) is 10.3. The van der Waals surface area contributed by atoms with Gasteiger partial charge in [-0.2, -0.15) is 0 Å². The molecule has 0 fully saturated rings. The highest BCUT2D eigenvalue weighted by molar-refractivity contribution is 5.51. The number of benzene rings is 1. The van der Waals surface area contributed by atoms with Gasteiger partial charge in [-0.25, -0.2) is 0 Å². The molecule has 138 valence electrons. The predicted molar refractivity (Wildman–Crippen MR) is 94.2 cm³/mol. The van der Waals surface area contributed by atoms with E-state index in [4.69, 9.17) is 4.74 Å². The fraction of sp³-hybridized carbons (Fsp3) is 0.684. The van der Waals surface area contributed by atoms with Crippen molar-refractivity contribution in [3.63, 3.8) is 0 Å². The molecule has 1 aromatic rings. The van der Waals surface area contributed by atoms with Gasteiger partial charge in [0.15, 0.2) is 23.5 Å². The Morgan fingerprint density at radius 1 is 0.792 bits per heavy atom. The second kappa shape index (κ2) is 12.0. The SMILES string of the molecule is CCCCCCCCCCCCOC(O)c1cc(O)c(O)c(O)c1. The van der Waals surface area contributed by atoms with Crippen molar-refractivity contribution in [3.05, 3.63) is 17.7 Å². The van der Waals surface area contributed by atoms with Crippen molar-refractivity contribution >= 4 is 0 Å². The number of hydrogen-bond donors (Lipinski definition) is 4. The van der Waals surface area contributed by atoms with E-state index in [0.717, 1.165) is 12.8 Å². The normalized spacial score (nSPS) is 12.4. The van der Waals surface area contributed by atoms with Crippen LogP contribution in [-0.2, 0) is 4.74 Å². The second-order valence-corrected chi connectivity index (χ2v) is 6.31. The van der Waals surface area contributed by atoms with Crippen LogP contribution < -0.4 is 0 Å². The topological polar surface area (TPSA) is 90.2 Å². The number of hydrogen-bond acceptors (Lipinski definition) is 5. The largest absolute Gasteiger partial charge is 0.504 e. The molecule has 0 bridgehead atoms. The molecule has 0 amide bonds. The van der Waals surface area contributed by atoms with Crippen molar-refractivity contribution in [1.82, 2.24) is 0 Å². The zero-order chi connectivity index (χ0) is 17.8. The van der Waals surface area contributed by atoms with Crippen LogP contribution in [0.15, 0.2) is 12.1 Å². The van der Waals surface area contributed by atoms with Gasteiger partial charge in [-0.1, -0.05) is 64.7 Å². The maximum Gasteiger partial charge on any atom is 0.200 e. The van der Waals surface area contributed by atoms with Crippen LogP contribution in [0.1, 0.15) is 83.0 Å². The van der Waals surface area contributed by atoms with Crippen molar-refractivity contribution in [2.45, 2.75) is 77.4 Å². The molecule has 24 heavy (non-hydrogen) atoms. The molecule has 5 heteroatoms. The summed E-state index contributed by atoms with van der Waals surface area (Å²) >= 11 is 0. The second-order valence-electron chi connectivity index (χ2n) is 6.31. The van der Waals surface area contributed by atoms with Crippen LogP contribution in [0.4, 0.5) is 0 Å². The van der Waals surface area contributed by atoms with Crippen LogP contribution in [-0.4, -0.2) is 27.0 Å². The number of aliphatic hydroxyl groups excluding tert-OH is 1. The van der Waals surface area contributed by atoms with Gasteiger partial charge < -0.3 is 25.2 Å². The third-order valence-corrected chi connectivity index (χ3v) is 4.15. The van der Waals surface area contributed by atoms with Gasteiger partial charge in [0.05, 0.1) is 6.61 Å². The van der Waals surface area contributed by atoms with E-state index >= 15 is 0 Å². The molecule has 1 unspecified atom stereocenters. The lowest BCUT2D eigenvalue weighted by atomic mass is 10.1. The summed E-state index contributed by atoms with van der Waals surface area (Å²) in [6.07, 6.45) is 11.1. The van der Waals surface area contributed by atoms with Gasteiger partial charge in [0.1, 0.15) is 0 Å². The predicted octanol–water partition coefficient (Wildman–Crippen LogP) is 4.73. The zero-order valence-electron chi connectivity index (χ0n) is 14.7. The van der Waals surface area contributed by atoms with E-state index in [1.165, 1.54) is 63.5 Å². The standard InChI is InChI=1S/C19H32O5/c1-2-3-4-5-6-7-8-9-10-11-12-24-19(23)15-13-16(20)18(22)17(21)14-15/h13-14,19-23H,2-12H2,1H3. The number of unbranched alkanes of at least 4 members (excludes halogenated alkanes) is 9. The minimum absolute atomic E-state index is 0.217. The summed E-state index contributed by atoms with van der Waals surface area (Å²) in [6.45, 7) is 2.65. The van der Waals surface area contributed by atoms with Crippen LogP contribution in [0.2, 0.25) is 0 Å². The van der Waals surface area contributed by atoms with Crippen molar-refractivity contribution in [2.75, 3.05) is 6.61 Å². The number of phenols is 3. The van der Waals surface area contributed by atoms with Crippen LogP contribution in [0, 0.1) is 0 Å². The molecule has 1 rings (SSSR count). The first-order valence-corrected chi connectivity index (χ1v) is 9.10. The molecular weight excluding hydrogens is 308 g/mol. The number of aromatic hydroxyl groups is 3. The molecule has 1 aromatic carbocycles. The Labute approximate surface area is 144 Å². The molecule has 0 aliphatic rings. The summed E-state index contributed by atoms with van der Waals surface area (Å²) in [6, 6.07) is 2.36. The lowest BCUT2D eigenvalue weighted by molar-refractivity contribution is -0.104. The molecule has 0 spiro atoms. The van der Waals surface area contributed by atoms with Gasteiger partial charge in [0, 0.05) is 5.56 Å². The Morgan fingerprint density at radius 3 is 1.75 bits per heavy atom. The molecule has 0 saturated heterocycles. The third kappa shape index (κ3) is 7.88. The highest BCUT2D eigenvalue weighted by Crippen LogP contribution is 2.37. The first kappa shape index (κ1) is 20.6. The minimum atomic E-state index is -1.22. The molecule has 0 heterocycles. The quantitative estimate of drug-likeness (QED) is 0.237. The number of rotatable bonds is 13. The minimum Gasteiger partial charge on any atom is -0.504 e. The molecule has 5 nitrogen and oxygen atoms in total. The molecule has 0 saturated carbocycles.